The van der Waals surface area contributed by atoms with Crippen LogP contribution in [-0.2, 0) is 4.74 Å². The van der Waals surface area contributed by atoms with E-state index >= 15 is 0 Å². The molecule has 0 rings (SSSR count). The molecule has 0 saturated carbocycles. The minimum absolute atomic E-state index is 0.129. The van der Waals surface area contributed by atoms with Crippen LogP contribution in [0, 0.1) is 11.3 Å². The van der Waals surface area contributed by atoms with E-state index in [-0.39, 0.29) is 11.6 Å². The molecule has 3 nitrogen and oxygen atoms in total. The Balaban J connectivity index is -0.00000120. The summed E-state index contributed by atoms with van der Waals surface area (Å²) in [6.45, 7) is 27.2. The van der Waals surface area contributed by atoms with Gasteiger partial charge in [-0.1, -0.05) is 65.8 Å². The van der Waals surface area contributed by atoms with Gasteiger partial charge in [0.15, 0.2) is 5.88 Å². The third-order valence-electron chi connectivity index (χ3n) is 4.61. The highest BCUT2D eigenvalue weighted by molar-refractivity contribution is 5.18. The molecular weight excluding hydrogens is 437 g/mol. The number of allylic oxidation sites excluding steroid dienone is 5. The van der Waals surface area contributed by atoms with Crippen LogP contribution in [0.2, 0.25) is 0 Å². The molecule has 0 radical (unpaired) electrons. The molecule has 0 heterocycles. The van der Waals surface area contributed by atoms with Crippen molar-refractivity contribution in [1.29, 1.82) is 0 Å². The first-order valence-electron chi connectivity index (χ1n) is 12.4. The van der Waals surface area contributed by atoms with E-state index in [1.165, 1.54) is 0 Å². The number of ether oxygens (including phenoxy) is 1. The zero-order chi connectivity index (χ0) is 27.2. The van der Waals surface area contributed by atoms with E-state index in [9.17, 15) is 13.2 Å². The van der Waals surface area contributed by atoms with Crippen molar-refractivity contribution >= 4 is 0 Å². The Bertz CT molecular complexity index is 605. The first kappa shape index (κ1) is 36.6. The quantitative estimate of drug-likeness (QED) is 0.150. The summed E-state index contributed by atoms with van der Waals surface area (Å²) in [5.41, 5.74) is -2.00. The number of hydrogen-bond acceptors (Lipinski definition) is 3. The zero-order valence-corrected chi connectivity index (χ0v) is 23.2. The molecule has 0 saturated heterocycles. The van der Waals surface area contributed by atoms with Crippen molar-refractivity contribution in [2.45, 2.75) is 81.3 Å². The lowest BCUT2D eigenvalue weighted by atomic mass is 9.91. The zero-order valence-electron chi connectivity index (χ0n) is 23.2. The van der Waals surface area contributed by atoms with Crippen LogP contribution in [-0.4, -0.2) is 37.3 Å². The number of alkyl halides is 3. The van der Waals surface area contributed by atoms with Gasteiger partial charge in [0.25, 0.3) is 0 Å². The van der Waals surface area contributed by atoms with Crippen molar-refractivity contribution in [3.05, 3.63) is 61.3 Å². The van der Waals surface area contributed by atoms with Gasteiger partial charge in [-0.25, -0.2) is 0 Å². The maximum Gasteiger partial charge on any atom is 0.397 e. The highest BCUT2D eigenvalue weighted by atomic mass is 19.4. The smallest absolute Gasteiger partial charge is 0.397 e. The Morgan fingerprint density at radius 3 is 2.03 bits per heavy atom. The number of rotatable bonds is 14. The summed E-state index contributed by atoms with van der Waals surface area (Å²) in [7, 11) is 0. The minimum atomic E-state index is -4.36. The maximum absolute atomic E-state index is 13.1. The molecule has 0 bridgehead atoms. The second-order valence-electron chi connectivity index (χ2n) is 8.11. The van der Waals surface area contributed by atoms with E-state index in [0.29, 0.717) is 18.9 Å². The average Bonchev–Trinajstić information content (AvgIpc) is 2.77. The monoisotopic (exact) mass is 488 g/mol. The number of nitrogens with zero attached hydrogens (tertiary/aromatic N) is 1. The number of nitrogens with one attached hydrogen (secondary N) is 1. The van der Waals surface area contributed by atoms with Crippen molar-refractivity contribution < 1.29 is 17.9 Å². The molecule has 0 spiro atoms. The van der Waals surface area contributed by atoms with Gasteiger partial charge in [-0.15, -0.1) is 6.58 Å². The Morgan fingerprint density at radius 2 is 1.65 bits per heavy atom. The summed E-state index contributed by atoms with van der Waals surface area (Å²) in [6, 6.07) is 0. The number of likely N-dealkylation sites (N-methyl/N-ethyl adjacent to an activating group) is 1. The Labute approximate surface area is 208 Å². The van der Waals surface area contributed by atoms with Crippen LogP contribution in [0.5, 0.6) is 0 Å². The van der Waals surface area contributed by atoms with Gasteiger partial charge in [-0.3, -0.25) is 0 Å². The summed E-state index contributed by atoms with van der Waals surface area (Å²) in [5.74, 6) is 0.750. The van der Waals surface area contributed by atoms with Crippen molar-refractivity contribution in [2.24, 2.45) is 11.3 Å². The van der Waals surface area contributed by atoms with Crippen LogP contribution in [0.15, 0.2) is 61.3 Å². The van der Waals surface area contributed by atoms with E-state index in [4.69, 9.17) is 4.74 Å². The largest absolute Gasteiger partial charge is 0.442 e. The molecule has 0 aromatic rings. The van der Waals surface area contributed by atoms with E-state index in [0.717, 1.165) is 46.0 Å². The molecular formula is C28H51F3N2O. The second-order valence-corrected chi connectivity index (χ2v) is 8.11. The summed E-state index contributed by atoms with van der Waals surface area (Å²) in [5, 5.41) is 3.03. The SMILES string of the molecule is C/C=C\CC.C=CC(C)CN(CC)CCNC(=C)OC(/C=C\CC)=C/C(C)(C)C(F)(F)F.CC. The number of hydrogen-bond donors (Lipinski definition) is 1. The molecule has 0 aliphatic rings. The molecule has 0 aliphatic heterocycles. The molecule has 0 aromatic heterocycles. The summed E-state index contributed by atoms with van der Waals surface area (Å²) in [6.07, 6.45) is 7.97. The van der Waals surface area contributed by atoms with Gasteiger partial charge >= 0.3 is 6.18 Å². The summed E-state index contributed by atoms with van der Waals surface area (Å²) < 4.78 is 45.0. The molecule has 1 atom stereocenters. The lowest BCUT2D eigenvalue weighted by Gasteiger charge is -2.25. The number of halogens is 3. The van der Waals surface area contributed by atoms with Crippen LogP contribution >= 0.6 is 0 Å². The van der Waals surface area contributed by atoms with Crippen molar-refractivity contribution in [3.8, 4) is 0 Å². The molecule has 1 N–H and O–H groups in total. The van der Waals surface area contributed by atoms with Gasteiger partial charge in [0.2, 0.25) is 0 Å². The maximum atomic E-state index is 13.1. The molecule has 6 heteroatoms. The third kappa shape index (κ3) is 19.5. The Kier molecular flexibility index (Phi) is 23.2. The average molecular weight is 489 g/mol. The van der Waals surface area contributed by atoms with Gasteiger partial charge in [-0.05, 0) is 64.8 Å². The second kappa shape index (κ2) is 21.6. The fraction of sp³-hybridized carbons (Fsp3) is 0.643. The Morgan fingerprint density at radius 1 is 1.09 bits per heavy atom. The van der Waals surface area contributed by atoms with Crippen molar-refractivity contribution in [2.75, 3.05) is 26.2 Å². The Hall–Kier alpha value is -1.95. The van der Waals surface area contributed by atoms with E-state index in [1.54, 1.807) is 12.2 Å². The van der Waals surface area contributed by atoms with Crippen LogP contribution in [0.25, 0.3) is 0 Å². The van der Waals surface area contributed by atoms with E-state index < -0.39 is 11.6 Å². The summed E-state index contributed by atoms with van der Waals surface area (Å²) >= 11 is 0. The fourth-order valence-corrected chi connectivity index (χ4v) is 2.41. The van der Waals surface area contributed by atoms with Gasteiger partial charge in [0.05, 0.1) is 5.41 Å². The highest BCUT2D eigenvalue weighted by Gasteiger charge is 2.46. The normalized spacial score (nSPS) is 13.1. The lowest BCUT2D eigenvalue weighted by Crippen LogP contribution is -2.34. The molecule has 34 heavy (non-hydrogen) atoms. The molecule has 1 unspecified atom stereocenters. The minimum Gasteiger partial charge on any atom is -0.442 e. The van der Waals surface area contributed by atoms with E-state index in [1.807, 2.05) is 33.8 Å². The fourth-order valence-electron chi connectivity index (χ4n) is 2.41. The van der Waals surface area contributed by atoms with Crippen LogP contribution in [0.4, 0.5) is 13.2 Å². The lowest BCUT2D eigenvalue weighted by molar-refractivity contribution is -0.194. The van der Waals surface area contributed by atoms with Gasteiger partial charge < -0.3 is 15.0 Å². The van der Waals surface area contributed by atoms with E-state index in [2.05, 4.69) is 56.3 Å². The van der Waals surface area contributed by atoms with Crippen molar-refractivity contribution in [1.82, 2.24) is 10.2 Å². The molecule has 0 fully saturated rings. The molecule has 200 valence electrons. The topological polar surface area (TPSA) is 24.5 Å². The van der Waals surface area contributed by atoms with Gasteiger partial charge in [-0.2, -0.15) is 13.2 Å². The predicted octanol–water partition coefficient (Wildman–Crippen LogP) is 8.65. The standard InChI is InChI=1S/C21H35F3N2O.C5H10.C2H6/c1-8-11-12-19(15-20(6,7)21(22,23)24)27-18(5)25-13-14-26(10-3)16-17(4)9-2;1-3-5-4-2;1-2/h9,11-12,15,17,25H,2,5,8,10,13-14,16H2,1,3-4,6-7H3;3,5H,4H2,1-2H3;1-2H3/b12-11-,19-15+;5-3-;. The van der Waals surface area contributed by atoms with Crippen LogP contribution in [0.3, 0.4) is 0 Å². The molecule has 0 amide bonds. The predicted molar refractivity (Wildman–Crippen MR) is 144 cm³/mol. The van der Waals surface area contributed by atoms with Crippen LogP contribution in [0.1, 0.15) is 75.2 Å². The highest BCUT2D eigenvalue weighted by Crippen LogP contribution is 2.39. The first-order chi connectivity index (χ1) is 15.9. The van der Waals surface area contributed by atoms with Crippen molar-refractivity contribution in [3.63, 3.8) is 0 Å². The van der Waals surface area contributed by atoms with Gasteiger partial charge in [0, 0.05) is 19.6 Å². The molecule has 0 aliphatic carbocycles. The summed E-state index contributed by atoms with van der Waals surface area (Å²) in [4.78, 5) is 2.26. The third-order valence-corrected chi connectivity index (χ3v) is 4.61. The first-order valence-corrected chi connectivity index (χ1v) is 12.4. The molecule has 0 aromatic carbocycles. The van der Waals surface area contributed by atoms with Crippen LogP contribution < -0.4 is 5.32 Å². The van der Waals surface area contributed by atoms with Gasteiger partial charge in [0.1, 0.15) is 5.76 Å².